The zero-order chi connectivity index (χ0) is 11.1. The Labute approximate surface area is 88.9 Å². The highest BCUT2D eigenvalue weighted by Crippen LogP contribution is 2.02. The second kappa shape index (κ2) is 6.14. The summed E-state index contributed by atoms with van der Waals surface area (Å²) in [6, 6.07) is 3.89. The predicted molar refractivity (Wildman–Crippen MR) is 55.6 cm³/mol. The lowest BCUT2D eigenvalue weighted by Crippen LogP contribution is -2.20. The van der Waals surface area contributed by atoms with Crippen molar-refractivity contribution >= 4 is 5.97 Å². The van der Waals surface area contributed by atoms with Crippen LogP contribution in [-0.4, -0.2) is 28.8 Å². The highest BCUT2D eigenvalue weighted by Gasteiger charge is 2.09. The van der Waals surface area contributed by atoms with Gasteiger partial charge in [0.15, 0.2) is 6.10 Å². The number of carboxylic acid groups (broad SMARTS) is 1. The standard InChI is InChI=1S/C11H15NO3/c1-9(11(13)14)15-8-2-3-10-4-6-12-7-5-10/h4-7,9H,2-3,8H2,1H3,(H,13,14). The molecule has 1 N–H and O–H groups in total. The number of aryl methyl sites for hydroxylation is 1. The van der Waals surface area contributed by atoms with Gasteiger partial charge in [0.25, 0.3) is 0 Å². The number of aromatic nitrogens is 1. The molecule has 1 rings (SSSR count). The number of ether oxygens (including phenoxy) is 1. The molecule has 0 bridgehead atoms. The van der Waals surface area contributed by atoms with Gasteiger partial charge in [-0.2, -0.15) is 0 Å². The summed E-state index contributed by atoms with van der Waals surface area (Å²) in [5, 5.41) is 8.57. The summed E-state index contributed by atoms with van der Waals surface area (Å²) >= 11 is 0. The van der Waals surface area contributed by atoms with Gasteiger partial charge in [0.2, 0.25) is 0 Å². The van der Waals surface area contributed by atoms with Crippen molar-refractivity contribution in [2.24, 2.45) is 0 Å². The van der Waals surface area contributed by atoms with E-state index in [9.17, 15) is 4.79 Å². The molecule has 0 aliphatic rings. The van der Waals surface area contributed by atoms with E-state index in [-0.39, 0.29) is 0 Å². The molecular weight excluding hydrogens is 194 g/mol. The Morgan fingerprint density at radius 2 is 2.20 bits per heavy atom. The largest absolute Gasteiger partial charge is 0.479 e. The molecule has 0 saturated carbocycles. The SMILES string of the molecule is CC(OCCCc1ccncc1)C(=O)O. The zero-order valence-corrected chi connectivity index (χ0v) is 8.72. The lowest BCUT2D eigenvalue weighted by molar-refractivity contribution is -0.149. The summed E-state index contributed by atoms with van der Waals surface area (Å²) in [4.78, 5) is 14.3. The van der Waals surface area contributed by atoms with Crippen molar-refractivity contribution in [2.45, 2.75) is 25.9 Å². The number of carbonyl (C=O) groups is 1. The van der Waals surface area contributed by atoms with Crippen molar-refractivity contribution in [3.05, 3.63) is 30.1 Å². The maximum atomic E-state index is 10.4. The molecule has 1 atom stereocenters. The first-order valence-corrected chi connectivity index (χ1v) is 4.93. The van der Waals surface area contributed by atoms with Gasteiger partial charge in [0, 0.05) is 19.0 Å². The summed E-state index contributed by atoms with van der Waals surface area (Å²) in [6.45, 7) is 2.00. The van der Waals surface area contributed by atoms with Gasteiger partial charge < -0.3 is 9.84 Å². The topological polar surface area (TPSA) is 59.4 Å². The minimum absolute atomic E-state index is 0.468. The van der Waals surface area contributed by atoms with Gasteiger partial charge in [-0.05, 0) is 37.5 Å². The van der Waals surface area contributed by atoms with Crippen LogP contribution in [0.2, 0.25) is 0 Å². The van der Waals surface area contributed by atoms with E-state index in [1.165, 1.54) is 12.5 Å². The maximum absolute atomic E-state index is 10.4. The lowest BCUT2D eigenvalue weighted by atomic mass is 10.1. The monoisotopic (exact) mass is 209 g/mol. The minimum Gasteiger partial charge on any atom is -0.479 e. The van der Waals surface area contributed by atoms with Crippen LogP contribution in [0.5, 0.6) is 0 Å². The molecule has 0 aliphatic carbocycles. The molecule has 1 aromatic rings. The second-order valence-corrected chi connectivity index (χ2v) is 3.31. The van der Waals surface area contributed by atoms with Gasteiger partial charge in [0.1, 0.15) is 0 Å². The molecule has 4 heteroatoms. The van der Waals surface area contributed by atoms with E-state index in [4.69, 9.17) is 9.84 Å². The van der Waals surface area contributed by atoms with Crippen LogP contribution in [0.15, 0.2) is 24.5 Å². The smallest absolute Gasteiger partial charge is 0.332 e. The van der Waals surface area contributed by atoms with Gasteiger partial charge in [-0.25, -0.2) is 4.79 Å². The number of pyridine rings is 1. The van der Waals surface area contributed by atoms with Crippen LogP contribution in [0.25, 0.3) is 0 Å². The molecule has 0 amide bonds. The quantitative estimate of drug-likeness (QED) is 0.721. The molecule has 0 aliphatic heterocycles. The molecule has 1 unspecified atom stereocenters. The molecule has 15 heavy (non-hydrogen) atoms. The summed E-state index contributed by atoms with van der Waals surface area (Å²) < 4.78 is 5.11. The van der Waals surface area contributed by atoms with Crippen molar-refractivity contribution in [1.29, 1.82) is 0 Å². The Kier molecular flexibility index (Phi) is 4.77. The third kappa shape index (κ3) is 4.56. The lowest BCUT2D eigenvalue weighted by Gasteiger charge is -2.07. The fraction of sp³-hybridized carbons (Fsp3) is 0.455. The summed E-state index contributed by atoms with van der Waals surface area (Å²) in [5.41, 5.74) is 1.19. The maximum Gasteiger partial charge on any atom is 0.332 e. The van der Waals surface area contributed by atoms with Crippen molar-refractivity contribution in [3.8, 4) is 0 Å². The Morgan fingerprint density at radius 1 is 1.53 bits per heavy atom. The fourth-order valence-corrected chi connectivity index (χ4v) is 1.16. The van der Waals surface area contributed by atoms with E-state index >= 15 is 0 Å². The number of rotatable bonds is 6. The van der Waals surface area contributed by atoms with Crippen molar-refractivity contribution < 1.29 is 14.6 Å². The summed E-state index contributed by atoms with van der Waals surface area (Å²) in [5.74, 6) is -0.918. The highest BCUT2D eigenvalue weighted by molar-refractivity contribution is 5.71. The molecule has 1 aromatic heterocycles. The highest BCUT2D eigenvalue weighted by atomic mass is 16.5. The molecule has 0 spiro atoms. The van der Waals surface area contributed by atoms with Crippen LogP contribution < -0.4 is 0 Å². The Hall–Kier alpha value is -1.42. The first-order valence-electron chi connectivity index (χ1n) is 4.93. The first kappa shape index (κ1) is 11.7. The molecule has 0 fully saturated rings. The fourth-order valence-electron chi connectivity index (χ4n) is 1.16. The van der Waals surface area contributed by atoms with Gasteiger partial charge in [0.05, 0.1) is 0 Å². The molecule has 0 aromatic carbocycles. The Balaban J connectivity index is 2.15. The molecule has 4 nitrogen and oxygen atoms in total. The van der Waals surface area contributed by atoms with Crippen molar-refractivity contribution in [2.75, 3.05) is 6.61 Å². The van der Waals surface area contributed by atoms with E-state index < -0.39 is 12.1 Å². The average Bonchev–Trinajstić information content (AvgIpc) is 2.25. The van der Waals surface area contributed by atoms with Crippen LogP contribution in [-0.2, 0) is 16.0 Å². The second-order valence-electron chi connectivity index (χ2n) is 3.31. The van der Waals surface area contributed by atoms with E-state index in [0.29, 0.717) is 6.61 Å². The Morgan fingerprint density at radius 3 is 2.80 bits per heavy atom. The van der Waals surface area contributed by atoms with Crippen molar-refractivity contribution in [1.82, 2.24) is 4.98 Å². The van der Waals surface area contributed by atoms with Crippen molar-refractivity contribution in [3.63, 3.8) is 0 Å². The molecule has 82 valence electrons. The molecule has 0 radical (unpaired) electrons. The molecular formula is C11H15NO3. The minimum atomic E-state index is -0.918. The van der Waals surface area contributed by atoms with Crippen LogP contribution in [0.3, 0.4) is 0 Å². The predicted octanol–water partition coefficient (Wildman–Crippen LogP) is 1.50. The average molecular weight is 209 g/mol. The third-order valence-electron chi connectivity index (χ3n) is 2.07. The van der Waals surface area contributed by atoms with Crippen LogP contribution in [0.1, 0.15) is 18.9 Å². The van der Waals surface area contributed by atoms with Gasteiger partial charge in [-0.15, -0.1) is 0 Å². The van der Waals surface area contributed by atoms with Gasteiger partial charge >= 0.3 is 5.97 Å². The van der Waals surface area contributed by atoms with E-state index in [1.54, 1.807) is 12.4 Å². The summed E-state index contributed by atoms with van der Waals surface area (Å²) in [7, 11) is 0. The van der Waals surface area contributed by atoms with Gasteiger partial charge in [-0.3, -0.25) is 4.98 Å². The number of hydrogen-bond donors (Lipinski definition) is 1. The van der Waals surface area contributed by atoms with E-state index in [1.807, 2.05) is 12.1 Å². The number of carboxylic acids is 1. The van der Waals surface area contributed by atoms with E-state index in [2.05, 4.69) is 4.98 Å². The first-order chi connectivity index (χ1) is 7.20. The number of hydrogen-bond acceptors (Lipinski definition) is 3. The normalized spacial score (nSPS) is 12.3. The number of aliphatic carboxylic acids is 1. The third-order valence-corrected chi connectivity index (χ3v) is 2.07. The summed E-state index contributed by atoms with van der Waals surface area (Å²) in [6.07, 6.45) is 4.48. The van der Waals surface area contributed by atoms with Crippen LogP contribution in [0.4, 0.5) is 0 Å². The van der Waals surface area contributed by atoms with Gasteiger partial charge in [-0.1, -0.05) is 0 Å². The van der Waals surface area contributed by atoms with Crippen LogP contribution >= 0.6 is 0 Å². The molecule has 1 heterocycles. The zero-order valence-electron chi connectivity index (χ0n) is 8.72. The van der Waals surface area contributed by atoms with E-state index in [0.717, 1.165) is 12.8 Å². The Bertz CT molecular complexity index is 300. The van der Waals surface area contributed by atoms with Crippen LogP contribution in [0, 0.1) is 0 Å². The number of nitrogens with zero attached hydrogens (tertiary/aromatic N) is 1. The molecule has 0 saturated heterocycles.